The molecule has 0 aromatic rings. The molecule has 0 radical (unpaired) electrons. The number of amidine groups is 1. The number of allylic oxidation sites excluding steroid dienone is 2. The van der Waals surface area contributed by atoms with Gasteiger partial charge in [-0.15, -0.1) is 0 Å². The first-order valence-corrected chi connectivity index (χ1v) is 4.56. The minimum atomic E-state index is 0.145. The third kappa shape index (κ3) is 3.09. The normalized spacial score (nSPS) is 28.5. The van der Waals surface area contributed by atoms with Crippen LogP contribution in [0.5, 0.6) is 0 Å². The van der Waals surface area contributed by atoms with Crippen molar-refractivity contribution in [2.75, 3.05) is 7.11 Å². The Bertz CT molecular complexity index is 313. The van der Waals surface area contributed by atoms with E-state index in [1.54, 1.807) is 7.11 Å². The van der Waals surface area contributed by atoms with E-state index in [1.807, 2.05) is 32.1 Å². The van der Waals surface area contributed by atoms with Crippen molar-refractivity contribution in [1.82, 2.24) is 5.32 Å². The van der Waals surface area contributed by atoms with Crippen LogP contribution < -0.4 is 5.32 Å². The molecular formula is C11H16N2O. The maximum Gasteiger partial charge on any atom is 0.120 e. The highest BCUT2D eigenvalue weighted by atomic mass is 16.5. The van der Waals surface area contributed by atoms with Gasteiger partial charge in [-0.3, -0.25) is 4.99 Å². The fourth-order valence-electron chi connectivity index (χ4n) is 1.23. The molecule has 1 N–H and O–H groups in total. The van der Waals surface area contributed by atoms with Crippen LogP contribution >= 0.6 is 0 Å². The first kappa shape index (κ1) is 10.6. The summed E-state index contributed by atoms with van der Waals surface area (Å²) in [5, 5.41) is 3.08. The van der Waals surface area contributed by atoms with Crippen molar-refractivity contribution in [3.63, 3.8) is 0 Å². The lowest BCUT2D eigenvalue weighted by molar-refractivity contribution is 0.306. The van der Waals surface area contributed by atoms with Crippen molar-refractivity contribution in [3.05, 3.63) is 36.3 Å². The number of hydrogen-bond acceptors (Lipinski definition) is 3. The summed E-state index contributed by atoms with van der Waals surface area (Å²) in [7, 11) is 1.64. The third-order valence-electron chi connectivity index (χ3n) is 1.83. The summed E-state index contributed by atoms with van der Waals surface area (Å²) in [4.78, 5) is 4.38. The molecule has 0 amide bonds. The van der Waals surface area contributed by atoms with Crippen LogP contribution in [0.15, 0.2) is 41.3 Å². The lowest BCUT2D eigenvalue weighted by atomic mass is 10.3. The van der Waals surface area contributed by atoms with Crippen LogP contribution in [-0.2, 0) is 4.74 Å². The van der Waals surface area contributed by atoms with Crippen molar-refractivity contribution in [3.8, 4) is 0 Å². The maximum absolute atomic E-state index is 5.16. The van der Waals surface area contributed by atoms with E-state index in [0.717, 1.165) is 17.3 Å². The third-order valence-corrected chi connectivity index (χ3v) is 1.83. The summed E-state index contributed by atoms with van der Waals surface area (Å²) in [6.07, 6.45) is 5.73. The van der Waals surface area contributed by atoms with Gasteiger partial charge < -0.3 is 10.1 Å². The van der Waals surface area contributed by atoms with Gasteiger partial charge in [0.2, 0.25) is 0 Å². The fraction of sp³-hybridized carbons (Fsp3) is 0.364. The highest BCUT2D eigenvalue weighted by Crippen LogP contribution is 2.06. The van der Waals surface area contributed by atoms with Crippen molar-refractivity contribution < 1.29 is 4.74 Å². The molecule has 1 atom stereocenters. The second kappa shape index (κ2) is 4.65. The Labute approximate surface area is 84.9 Å². The van der Waals surface area contributed by atoms with E-state index in [-0.39, 0.29) is 6.04 Å². The zero-order chi connectivity index (χ0) is 10.6. The summed E-state index contributed by atoms with van der Waals surface area (Å²) >= 11 is 0. The smallest absolute Gasteiger partial charge is 0.120 e. The average Bonchev–Trinajstić information content (AvgIpc) is 2.15. The van der Waals surface area contributed by atoms with Crippen molar-refractivity contribution >= 4 is 5.84 Å². The van der Waals surface area contributed by atoms with E-state index in [1.165, 1.54) is 0 Å². The van der Waals surface area contributed by atoms with Crippen LogP contribution in [0.3, 0.4) is 0 Å². The zero-order valence-electron chi connectivity index (χ0n) is 8.87. The molecule has 0 bridgehead atoms. The highest BCUT2D eigenvalue weighted by molar-refractivity contribution is 5.82. The predicted molar refractivity (Wildman–Crippen MR) is 59.1 cm³/mol. The van der Waals surface area contributed by atoms with E-state index in [4.69, 9.17) is 4.74 Å². The summed E-state index contributed by atoms with van der Waals surface area (Å²) in [6, 6.07) is 0.145. The molecule has 0 aliphatic carbocycles. The van der Waals surface area contributed by atoms with Gasteiger partial charge in [0.15, 0.2) is 0 Å². The molecule has 1 unspecified atom stereocenters. The molecule has 1 aliphatic heterocycles. The largest absolute Gasteiger partial charge is 0.497 e. The van der Waals surface area contributed by atoms with Crippen molar-refractivity contribution in [2.24, 2.45) is 4.99 Å². The van der Waals surface area contributed by atoms with Crippen LogP contribution in [0.1, 0.15) is 13.8 Å². The van der Waals surface area contributed by atoms with E-state index in [9.17, 15) is 0 Å². The molecular weight excluding hydrogens is 176 g/mol. The molecule has 0 aromatic heterocycles. The fourth-order valence-corrected chi connectivity index (χ4v) is 1.23. The van der Waals surface area contributed by atoms with Gasteiger partial charge in [-0.25, -0.2) is 0 Å². The van der Waals surface area contributed by atoms with Crippen molar-refractivity contribution in [1.29, 1.82) is 0 Å². The Kier molecular flexibility index (Phi) is 3.51. The standard InChI is InChI=1S/C11H16N2O/c1-8-5-6-11(14-4)7-9(2)13-10(3)12-8/h5-8H,2H2,1,3-4H3,(H,12,13)/b6-5-,11-7+. The van der Waals surface area contributed by atoms with Gasteiger partial charge in [0.25, 0.3) is 0 Å². The second-order valence-corrected chi connectivity index (χ2v) is 3.22. The van der Waals surface area contributed by atoms with E-state index in [0.29, 0.717) is 0 Å². The second-order valence-electron chi connectivity index (χ2n) is 3.22. The number of nitrogens with one attached hydrogen (secondary N) is 1. The highest BCUT2D eigenvalue weighted by Gasteiger charge is 2.01. The average molecular weight is 192 g/mol. The zero-order valence-corrected chi connectivity index (χ0v) is 8.87. The number of aliphatic imine (C=N–C) groups is 1. The first-order chi connectivity index (χ1) is 6.61. The minimum absolute atomic E-state index is 0.145. The van der Waals surface area contributed by atoms with Gasteiger partial charge in [0, 0.05) is 11.8 Å². The van der Waals surface area contributed by atoms with Gasteiger partial charge in [-0.2, -0.15) is 0 Å². The van der Waals surface area contributed by atoms with Crippen molar-refractivity contribution in [2.45, 2.75) is 19.9 Å². The van der Waals surface area contributed by atoms with Gasteiger partial charge >= 0.3 is 0 Å². The Morgan fingerprint density at radius 1 is 1.57 bits per heavy atom. The molecule has 0 spiro atoms. The first-order valence-electron chi connectivity index (χ1n) is 4.56. The molecule has 0 saturated carbocycles. The van der Waals surface area contributed by atoms with Gasteiger partial charge in [0.05, 0.1) is 19.0 Å². The quantitative estimate of drug-likeness (QED) is 0.689. The Morgan fingerprint density at radius 2 is 2.29 bits per heavy atom. The lowest BCUT2D eigenvalue weighted by Gasteiger charge is -2.06. The molecule has 3 nitrogen and oxygen atoms in total. The molecule has 0 fully saturated rings. The lowest BCUT2D eigenvalue weighted by Crippen LogP contribution is -2.19. The molecule has 1 aliphatic rings. The topological polar surface area (TPSA) is 33.6 Å². The van der Waals surface area contributed by atoms with Gasteiger partial charge in [-0.05, 0) is 19.9 Å². The molecule has 14 heavy (non-hydrogen) atoms. The Balaban J connectivity index is 2.94. The number of hydrogen-bond donors (Lipinski definition) is 1. The van der Waals surface area contributed by atoms with Gasteiger partial charge in [-0.1, -0.05) is 12.7 Å². The maximum atomic E-state index is 5.16. The van der Waals surface area contributed by atoms with Crippen LogP contribution in [-0.4, -0.2) is 19.0 Å². The van der Waals surface area contributed by atoms with Crippen LogP contribution in [0.4, 0.5) is 0 Å². The van der Waals surface area contributed by atoms with Crippen LogP contribution in [0.2, 0.25) is 0 Å². The summed E-state index contributed by atoms with van der Waals surface area (Å²) in [5.41, 5.74) is 0.779. The number of nitrogens with zero attached hydrogens (tertiary/aromatic N) is 1. The van der Waals surface area contributed by atoms with E-state index in [2.05, 4.69) is 16.9 Å². The number of methoxy groups -OCH3 is 1. The SMILES string of the molecule is C=C1/C=C(OC)\C=C/C(C)N=C(C)N1. The summed E-state index contributed by atoms with van der Waals surface area (Å²) < 4.78 is 5.16. The predicted octanol–water partition coefficient (Wildman–Crippen LogP) is 2.00. The molecule has 1 heterocycles. The summed E-state index contributed by atoms with van der Waals surface area (Å²) in [5.74, 6) is 1.64. The van der Waals surface area contributed by atoms with E-state index >= 15 is 0 Å². The van der Waals surface area contributed by atoms with Gasteiger partial charge in [0.1, 0.15) is 5.76 Å². The molecule has 0 saturated heterocycles. The molecule has 3 heteroatoms. The van der Waals surface area contributed by atoms with Crippen LogP contribution in [0.25, 0.3) is 0 Å². The number of rotatable bonds is 1. The molecule has 1 rings (SSSR count). The minimum Gasteiger partial charge on any atom is -0.497 e. The Morgan fingerprint density at radius 3 is 2.93 bits per heavy atom. The molecule has 0 aromatic carbocycles. The van der Waals surface area contributed by atoms with Crippen LogP contribution in [0, 0.1) is 0 Å². The summed E-state index contributed by atoms with van der Waals surface area (Å²) in [6.45, 7) is 7.78. The van der Waals surface area contributed by atoms with E-state index < -0.39 is 0 Å². The molecule has 76 valence electrons. The monoisotopic (exact) mass is 192 g/mol. The number of ether oxygens (including phenoxy) is 1. The Hall–Kier alpha value is -1.51.